The summed E-state index contributed by atoms with van der Waals surface area (Å²) in [6, 6.07) is 93.7. The van der Waals surface area contributed by atoms with Gasteiger partial charge in [0.15, 0.2) is 23.0 Å². The van der Waals surface area contributed by atoms with E-state index < -0.39 is 5.41 Å². The van der Waals surface area contributed by atoms with Crippen LogP contribution in [-0.2, 0) is 5.41 Å². The lowest BCUT2D eigenvalue weighted by Crippen LogP contribution is -2.25. The molecule has 0 saturated carbocycles. The van der Waals surface area contributed by atoms with E-state index in [9.17, 15) is 0 Å². The van der Waals surface area contributed by atoms with Crippen molar-refractivity contribution >= 4 is 17.1 Å². The number of hydrogen-bond donors (Lipinski definition) is 0. The van der Waals surface area contributed by atoms with Gasteiger partial charge in [-0.1, -0.05) is 206 Å². The minimum absolute atomic E-state index is 0.464. The Hall–Kier alpha value is -9.18. The van der Waals surface area contributed by atoms with Crippen LogP contribution in [0.1, 0.15) is 22.3 Å². The van der Waals surface area contributed by atoms with Crippen molar-refractivity contribution in [2.75, 3.05) is 4.90 Å². The van der Waals surface area contributed by atoms with Gasteiger partial charge in [-0.05, 0) is 138 Å². The van der Waals surface area contributed by atoms with E-state index in [1.807, 2.05) is 6.07 Å². The standard InChI is InChI=1S/C67H43NO2/c1-3-16-44(17-4-1)48-20-15-21-52(42-48)68(51-37-32-47(33-38-51)54-23-8-7-22-53(54)46-18-5-2-6-19-46)50-35-30-45(31-36-50)49-34-40-62-64(43-49)70-66-63(69-62)41-39-61-65(66)57-26-11-14-29-60(57)67(61)58-27-12-9-24-55(58)56-25-10-13-28-59(56)67/h1-43H. The molecule has 0 amide bonds. The summed E-state index contributed by atoms with van der Waals surface area (Å²) in [7, 11) is 0. The summed E-state index contributed by atoms with van der Waals surface area (Å²) in [6.45, 7) is 0. The van der Waals surface area contributed by atoms with Gasteiger partial charge in [-0.2, -0.15) is 0 Å². The molecular formula is C67H43NO2. The van der Waals surface area contributed by atoms with Crippen molar-refractivity contribution in [3.63, 3.8) is 0 Å². The SMILES string of the molecule is c1ccc(-c2cccc(N(c3ccc(-c4ccc5c(c4)Oc4c(ccc6c4-c4ccccc4C64c6ccccc6-c6ccccc64)O5)cc3)c3ccc(-c4ccccc4-c4ccccc4)cc3)c2)cc1. The fourth-order valence-electron chi connectivity index (χ4n) is 11.5. The van der Waals surface area contributed by atoms with Gasteiger partial charge in [0.1, 0.15) is 0 Å². The molecule has 0 atom stereocenters. The zero-order chi connectivity index (χ0) is 46.2. The molecule has 2 aliphatic carbocycles. The molecule has 0 radical (unpaired) electrons. The zero-order valence-electron chi connectivity index (χ0n) is 38.1. The maximum absolute atomic E-state index is 7.08. The summed E-state index contributed by atoms with van der Waals surface area (Å²) in [5, 5.41) is 0. The number of nitrogens with zero attached hydrogens (tertiary/aromatic N) is 1. The second-order valence-electron chi connectivity index (χ2n) is 18.3. The van der Waals surface area contributed by atoms with Crippen LogP contribution >= 0.6 is 0 Å². The number of anilines is 3. The van der Waals surface area contributed by atoms with Gasteiger partial charge in [-0.25, -0.2) is 0 Å². The summed E-state index contributed by atoms with van der Waals surface area (Å²) in [4.78, 5) is 2.34. The van der Waals surface area contributed by atoms with Gasteiger partial charge >= 0.3 is 0 Å². The smallest absolute Gasteiger partial charge is 0.178 e. The average Bonchev–Trinajstić information content (AvgIpc) is 3.92. The molecular weight excluding hydrogens is 851 g/mol. The van der Waals surface area contributed by atoms with Crippen LogP contribution < -0.4 is 14.4 Å². The van der Waals surface area contributed by atoms with Crippen molar-refractivity contribution in [1.82, 2.24) is 0 Å². The number of benzene rings is 11. The Balaban J connectivity index is 0.827. The maximum atomic E-state index is 7.08. The summed E-state index contributed by atoms with van der Waals surface area (Å²) in [6.07, 6.45) is 0. The maximum Gasteiger partial charge on any atom is 0.178 e. The molecule has 14 rings (SSSR count). The molecule has 11 aromatic rings. The second-order valence-corrected chi connectivity index (χ2v) is 18.3. The predicted molar refractivity (Wildman–Crippen MR) is 286 cm³/mol. The largest absolute Gasteiger partial charge is 0.449 e. The number of fused-ring (bicyclic) bond motifs is 13. The van der Waals surface area contributed by atoms with E-state index >= 15 is 0 Å². The highest BCUT2D eigenvalue weighted by Gasteiger charge is 2.53. The first-order valence-electron chi connectivity index (χ1n) is 24.0. The van der Waals surface area contributed by atoms with Crippen molar-refractivity contribution in [2.45, 2.75) is 5.41 Å². The molecule has 1 heterocycles. The first-order valence-corrected chi connectivity index (χ1v) is 24.0. The number of ether oxygens (including phenoxy) is 2. The fraction of sp³-hybridized carbons (Fsp3) is 0.0149. The normalized spacial score (nSPS) is 12.9. The summed E-state index contributed by atoms with van der Waals surface area (Å²) < 4.78 is 13.8. The molecule has 1 aliphatic heterocycles. The van der Waals surface area contributed by atoms with Gasteiger partial charge in [0.05, 0.1) is 5.41 Å². The highest BCUT2D eigenvalue weighted by molar-refractivity contribution is 5.98. The van der Waals surface area contributed by atoms with Gasteiger partial charge in [0.2, 0.25) is 0 Å². The van der Waals surface area contributed by atoms with Crippen LogP contribution in [0.5, 0.6) is 23.0 Å². The van der Waals surface area contributed by atoms with E-state index in [1.54, 1.807) is 0 Å². The molecule has 0 aromatic heterocycles. The first-order chi connectivity index (χ1) is 34.7. The summed E-state index contributed by atoms with van der Waals surface area (Å²) in [5.41, 5.74) is 21.9. The minimum atomic E-state index is -0.464. The lowest BCUT2D eigenvalue weighted by molar-refractivity contribution is 0.360. The third kappa shape index (κ3) is 6.15. The van der Waals surface area contributed by atoms with Crippen LogP contribution in [-0.4, -0.2) is 0 Å². The number of hydrogen-bond acceptors (Lipinski definition) is 3. The van der Waals surface area contributed by atoms with Crippen LogP contribution in [0.3, 0.4) is 0 Å². The Morgan fingerprint density at radius 3 is 1.36 bits per heavy atom. The van der Waals surface area contributed by atoms with Crippen LogP contribution in [0.25, 0.3) is 66.8 Å². The molecule has 70 heavy (non-hydrogen) atoms. The zero-order valence-corrected chi connectivity index (χ0v) is 38.1. The van der Waals surface area contributed by atoms with E-state index in [1.165, 1.54) is 66.8 Å². The minimum Gasteiger partial charge on any atom is -0.449 e. The molecule has 3 nitrogen and oxygen atoms in total. The van der Waals surface area contributed by atoms with Crippen molar-refractivity contribution in [3.8, 4) is 89.8 Å². The van der Waals surface area contributed by atoms with Crippen LogP contribution in [0.2, 0.25) is 0 Å². The number of rotatable bonds is 7. The van der Waals surface area contributed by atoms with Gasteiger partial charge in [-0.15, -0.1) is 0 Å². The van der Waals surface area contributed by atoms with Crippen molar-refractivity contribution in [1.29, 1.82) is 0 Å². The van der Waals surface area contributed by atoms with Crippen LogP contribution in [0.15, 0.2) is 261 Å². The van der Waals surface area contributed by atoms with Gasteiger partial charge in [0, 0.05) is 22.6 Å². The van der Waals surface area contributed by atoms with Crippen molar-refractivity contribution in [2.24, 2.45) is 0 Å². The third-order valence-electron chi connectivity index (χ3n) is 14.6. The lowest BCUT2D eigenvalue weighted by Gasteiger charge is -2.31. The van der Waals surface area contributed by atoms with E-state index in [0.717, 1.165) is 50.8 Å². The summed E-state index contributed by atoms with van der Waals surface area (Å²) in [5.74, 6) is 2.87. The Labute approximate surface area is 407 Å². The van der Waals surface area contributed by atoms with Crippen LogP contribution in [0, 0.1) is 0 Å². The molecule has 1 spiro atoms. The Kier molecular flexibility index (Phi) is 9.11. The van der Waals surface area contributed by atoms with E-state index in [4.69, 9.17) is 9.47 Å². The first kappa shape index (κ1) is 39.9. The topological polar surface area (TPSA) is 21.7 Å². The van der Waals surface area contributed by atoms with Crippen molar-refractivity contribution in [3.05, 3.63) is 283 Å². The third-order valence-corrected chi connectivity index (χ3v) is 14.6. The molecule has 0 unspecified atom stereocenters. The molecule has 3 heteroatoms. The van der Waals surface area contributed by atoms with Gasteiger partial charge in [-0.3, -0.25) is 0 Å². The molecule has 0 N–H and O–H groups in total. The highest BCUT2D eigenvalue weighted by atomic mass is 16.6. The predicted octanol–water partition coefficient (Wildman–Crippen LogP) is 18.1. The molecule has 0 bridgehead atoms. The quantitative estimate of drug-likeness (QED) is 0.159. The lowest BCUT2D eigenvalue weighted by atomic mass is 9.70. The van der Waals surface area contributed by atoms with Gasteiger partial charge < -0.3 is 14.4 Å². The highest BCUT2D eigenvalue weighted by Crippen LogP contribution is 2.66. The fourth-order valence-corrected chi connectivity index (χ4v) is 11.5. The second kappa shape index (κ2) is 16.0. The van der Waals surface area contributed by atoms with E-state index in [2.05, 4.69) is 260 Å². The molecule has 11 aromatic carbocycles. The molecule has 3 aliphatic rings. The molecule has 328 valence electrons. The molecule has 0 fully saturated rings. The average molecular weight is 894 g/mol. The van der Waals surface area contributed by atoms with E-state index in [-0.39, 0.29) is 0 Å². The Bertz CT molecular complexity index is 3780. The summed E-state index contributed by atoms with van der Waals surface area (Å²) >= 11 is 0. The van der Waals surface area contributed by atoms with Gasteiger partial charge in [0.25, 0.3) is 0 Å². The van der Waals surface area contributed by atoms with Crippen molar-refractivity contribution < 1.29 is 9.47 Å². The Morgan fingerprint density at radius 1 is 0.257 bits per heavy atom. The van der Waals surface area contributed by atoms with Crippen LogP contribution in [0.4, 0.5) is 17.1 Å². The van der Waals surface area contributed by atoms with E-state index in [0.29, 0.717) is 11.5 Å². The monoisotopic (exact) mass is 893 g/mol. The Morgan fingerprint density at radius 2 is 0.714 bits per heavy atom. The molecule has 0 saturated heterocycles.